The van der Waals surface area contributed by atoms with Crippen molar-refractivity contribution >= 4 is 17.8 Å². The summed E-state index contributed by atoms with van der Waals surface area (Å²) in [5.74, 6) is -2.03. The lowest BCUT2D eigenvalue weighted by atomic mass is 9.98. The van der Waals surface area contributed by atoms with E-state index in [1.807, 2.05) is 0 Å². The number of likely N-dealkylation sites (tertiary alicyclic amines) is 1. The highest BCUT2D eigenvalue weighted by atomic mass is 16.4. The number of carbonyl (C=O) groups excluding carboxylic acids is 2. The Bertz CT molecular complexity index is 525. The standard InChI is InChI=1S/C14H18N2O5/c1-9(15-12(17)11-5-3-7-21-11)13(18)16-6-2-4-10(8-16)14(19)20/h3,5,7,9-10H,2,4,6,8H2,1H3,(H,15,17)(H,19,20)/t9?,10-/m0/s1. The van der Waals surface area contributed by atoms with E-state index in [1.165, 1.54) is 17.2 Å². The second-order valence-corrected chi connectivity index (χ2v) is 5.13. The van der Waals surface area contributed by atoms with Crippen LogP contribution in [0.5, 0.6) is 0 Å². The molecule has 0 aliphatic carbocycles. The van der Waals surface area contributed by atoms with Gasteiger partial charge in [0.25, 0.3) is 5.91 Å². The third kappa shape index (κ3) is 3.62. The van der Waals surface area contributed by atoms with Crippen molar-refractivity contribution in [3.63, 3.8) is 0 Å². The van der Waals surface area contributed by atoms with Gasteiger partial charge in [0, 0.05) is 13.1 Å². The average molecular weight is 294 g/mol. The SMILES string of the molecule is CC(NC(=O)c1ccco1)C(=O)N1CCC[C@H](C(=O)O)C1. The quantitative estimate of drug-likeness (QED) is 0.852. The Morgan fingerprint density at radius 2 is 2.24 bits per heavy atom. The summed E-state index contributed by atoms with van der Waals surface area (Å²) in [7, 11) is 0. The molecule has 1 aliphatic heterocycles. The molecule has 2 atom stereocenters. The minimum absolute atomic E-state index is 0.136. The first-order valence-electron chi connectivity index (χ1n) is 6.85. The lowest BCUT2D eigenvalue weighted by molar-refractivity contribution is -0.146. The summed E-state index contributed by atoms with van der Waals surface area (Å²) in [4.78, 5) is 36.6. The summed E-state index contributed by atoms with van der Waals surface area (Å²) in [6, 6.07) is 2.37. The summed E-state index contributed by atoms with van der Waals surface area (Å²) in [5, 5.41) is 11.6. The molecule has 1 aliphatic rings. The Kier molecular flexibility index (Phi) is 4.62. The van der Waals surface area contributed by atoms with Crippen LogP contribution in [0.4, 0.5) is 0 Å². The Morgan fingerprint density at radius 1 is 1.48 bits per heavy atom. The second kappa shape index (κ2) is 6.43. The van der Waals surface area contributed by atoms with E-state index in [9.17, 15) is 14.4 Å². The minimum atomic E-state index is -0.889. The molecule has 1 saturated heterocycles. The van der Waals surface area contributed by atoms with Crippen molar-refractivity contribution in [1.82, 2.24) is 10.2 Å². The molecule has 7 nitrogen and oxygen atoms in total. The molecule has 114 valence electrons. The van der Waals surface area contributed by atoms with E-state index in [2.05, 4.69) is 5.32 Å². The Labute approximate surface area is 121 Å². The summed E-state index contributed by atoms with van der Waals surface area (Å²) in [6.45, 7) is 2.28. The number of aliphatic carboxylic acids is 1. The molecule has 0 saturated carbocycles. The first-order chi connectivity index (χ1) is 9.99. The lowest BCUT2D eigenvalue weighted by Gasteiger charge is -2.32. The summed E-state index contributed by atoms with van der Waals surface area (Å²) in [5.41, 5.74) is 0. The monoisotopic (exact) mass is 294 g/mol. The van der Waals surface area contributed by atoms with Gasteiger partial charge in [-0.2, -0.15) is 0 Å². The van der Waals surface area contributed by atoms with Crippen LogP contribution in [0.3, 0.4) is 0 Å². The molecular formula is C14H18N2O5. The fourth-order valence-electron chi connectivity index (χ4n) is 2.39. The van der Waals surface area contributed by atoms with Crippen molar-refractivity contribution < 1.29 is 23.9 Å². The lowest BCUT2D eigenvalue weighted by Crippen LogP contribution is -2.50. The van der Waals surface area contributed by atoms with Gasteiger partial charge in [0.15, 0.2) is 5.76 Å². The van der Waals surface area contributed by atoms with Gasteiger partial charge in [-0.05, 0) is 31.9 Å². The molecule has 2 amide bonds. The zero-order valence-electron chi connectivity index (χ0n) is 11.7. The van der Waals surface area contributed by atoms with Crippen LogP contribution in [0, 0.1) is 5.92 Å². The number of carboxylic acids is 1. The smallest absolute Gasteiger partial charge is 0.308 e. The number of hydrogen-bond donors (Lipinski definition) is 2. The number of nitrogens with zero attached hydrogens (tertiary/aromatic N) is 1. The highest BCUT2D eigenvalue weighted by Crippen LogP contribution is 2.17. The summed E-state index contributed by atoms with van der Waals surface area (Å²) < 4.78 is 4.96. The van der Waals surface area contributed by atoms with Crippen LogP contribution >= 0.6 is 0 Å². The molecule has 1 unspecified atom stereocenters. The number of hydrogen-bond acceptors (Lipinski definition) is 4. The van der Waals surface area contributed by atoms with Crippen LogP contribution in [-0.4, -0.2) is 46.9 Å². The van der Waals surface area contributed by atoms with Gasteiger partial charge in [-0.3, -0.25) is 14.4 Å². The fraction of sp³-hybridized carbons (Fsp3) is 0.500. The fourth-order valence-corrected chi connectivity index (χ4v) is 2.39. The molecular weight excluding hydrogens is 276 g/mol. The van der Waals surface area contributed by atoms with Crippen molar-refractivity contribution in [2.45, 2.75) is 25.8 Å². The largest absolute Gasteiger partial charge is 0.481 e. The number of amides is 2. The Balaban J connectivity index is 1.92. The van der Waals surface area contributed by atoms with Crippen molar-refractivity contribution in [2.24, 2.45) is 5.92 Å². The van der Waals surface area contributed by atoms with Crippen LogP contribution < -0.4 is 5.32 Å². The molecule has 2 heterocycles. The Hall–Kier alpha value is -2.31. The average Bonchev–Trinajstić information content (AvgIpc) is 3.00. The van der Waals surface area contributed by atoms with E-state index in [0.29, 0.717) is 19.4 Å². The molecule has 0 radical (unpaired) electrons. The zero-order valence-corrected chi connectivity index (χ0v) is 11.7. The number of carbonyl (C=O) groups is 3. The highest BCUT2D eigenvalue weighted by Gasteiger charge is 2.30. The van der Waals surface area contributed by atoms with Crippen molar-refractivity contribution in [1.29, 1.82) is 0 Å². The van der Waals surface area contributed by atoms with Crippen LogP contribution in [0.1, 0.15) is 30.3 Å². The number of rotatable bonds is 4. The molecule has 1 aromatic rings. The number of nitrogens with one attached hydrogen (secondary N) is 1. The normalized spacial score (nSPS) is 19.9. The molecule has 0 aromatic carbocycles. The first kappa shape index (κ1) is 15.1. The molecule has 0 bridgehead atoms. The zero-order chi connectivity index (χ0) is 15.4. The predicted octanol–water partition coefficient (Wildman–Crippen LogP) is 0.721. The van der Waals surface area contributed by atoms with E-state index in [4.69, 9.17) is 9.52 Å². The molecule has 1 aromatic heterocycles. The minimum Gasteiger partial charge on any atom is -0.481 e. The van der Waals surface area contributed by atoms with Gasteiger partial charge in [0.1, 0.15) is 6.04 Å². The van der Waals surface area contributed by atoms with E-state index in [1.54, 1.807) is 13.0 Å². The molecule has 0 spiro atoms. The topological polar surface area (TPSA) is 99.9 Å². The third-order valence-electron chi connectivity index (χ3n) is 3.55. The second-order valence-electron chi connectivity index (χ2n) is 5.13. The molecule has 21 heavy (non-hydrogen) atoms. The predicted molar refractivity (Wildman–Crippen MR) is 72.6 cm³/mol. The van der Waals surface area contributed by atoms with Gasteiger partial charge in [0.05, 0.1) is 12.2 Å². The van der Waals surface area contributed by atoms with E-state index in [-0.39, 0.29) is 18.2 Å². The van der Waals surface area contributed by atoms with Gasteiger partial charge in [-0.25, -0.2) is 0 Å². The number of piperidine rings is 1. The van der Waals surface area contributed by atoms with Gasteiger partial charge in [0.2, 0.25) is 5.91 Å². The van der Waals surface area contributed by atoms with Crippen molar-refractivity contribution in [3.05, 3.63) is 24.2 Å². The van der Waals surface area contributed by atoms with E-state index >= 15 is 0 Å². The maximum absolute atomic E-state index is 12.3. The number of furan rings is 1. The van der Waals surface area contributed by atoms with Crippen LogP contribution in [0.2, 0.25) is 0 Å². The first-order valence-corrected chi connectivity index (χ1v) is 6.85. The summed E-state index contributed by atoms with van der Waals surface area (Å²) >= 11 is 0. The van der Waals surface area contributed by atoms with Gasteiger partial charge in [-0.15, -0.1) is 0 Å². The van der Waals surface area contributed by atoms with Crippen molar-refractivity contribution in [2.75, 3.05) is 13.1 Å². The van der Waals surface area contributed by atoms with Crippen molar-refractivity contribution in [3.8, 4) is 0 Å². The van der Waals surface area contributed by atoms with E-state index < -0.39 is 23.8 Å². The Morgan fingerprint density at radius 3 is 2.86 bits per heavy atom. The van der Waals surface area contributed by atoms with E-state index in [0.717, 1.165) is 0 Å². The van der Waals surface area contributed by atoms with Crippen LogP contribution in [0.25, 0.3) is 0 Å². The van der Waals surface area contributed by atoms with Crippen LogP contribution in [-0.2, 0) is 9.59 Å². The van der Waals surface area contributed by atoms with Crippen LogP contribution in [0.15, 0.2) is 22.8 Å². The number of carboxylic acid groups (broad SMARTS) is 1. The maximum atomic E-state index is 12.3. The maximum Gasteiger partial charge on any atom is 0.308 e. The van der Waals surface area contributed by atoms with Gasteiger partial charge >= 0.3 is 5.97 Å². The highest BCUT2D eigenvalue weighted by molar-refractivity contribution is 5.95. The summed E-state index contributed by atoms with van der Waals surface area (Å²) in [6.07, 6.45) is 2.61. The molecule has 1 fully saturated rings. The third-order valence-corrected chi connectivity index (χ3v) is 3.55. The molecule has 7 heteroatoms. The van der Waals surface area contributed by atoms with Gasteiger partial charge < -0.3 is 19.7 Å². The van der Waals surface area contributed by atoms with Gasteiger partial charge in [-0.1, -0.05) is 0 Å². The molecule has 2 rings (SSSR count). The molecule has 2 N–H and O–H groups in total.